The minimum atomic E-state index is -3.06. The van der Waals surface area contributed by atoms with Crippen molar-refractivity contribution in [2.24, 2.45) is 90.7 Å². The van der Waals surface area contributed by atoms with Crippen LogP contribution in [-0.2, 0) is 60.9 Å². The van der Waals surface area contributed by atoms with Crippen molar-refractivity contribution in [3.63, 3.8) is 0 Å². The summed E-state index contributed by atoms with van der Waals surface area (Å²) in [6.45, 7) is 79.0. The molecular weight excluding hydrogens is 1870 g/mol. The van der Waals surface area contributed by atoms with E-state index in [9.17, 15) is 52.8 Å². The van der Waals surface area contributed by atoms with Crippen molar-refractivity contribution < 1.29 is 67.1 Å². The quantitative estimate of drug-likeness (QED) is 0.0815. The molecule has 8 saturated heterocycles. The molecule has 1 aliphatic carbocycles. The van der Waals surface area contributed by atoms with E-state index in [0.29, 0.717) is 124 Å². The van der Waals surface area contributed by atoms with Crippen LogP contribution in [0.5, 0.6) is 5.75 Å². The van der Waals surface area contributed by atoms with Gasteiger partial charge in [0.05, 0.1) is 35.7 Å². The van der Waals surface area contributed by atoms with E-state index in [1.807, 2.05) is 69.7 Å². The molecule has 9 aliphatic rings. The average molecular weight is 2090 g/mol. The molecule has 2 N–H and O–H groups in total. The van der Waals surface area contributed by atoms with Crippen molar-refractivity contribution in [1.82, 2.24) is 52.4 Å². The topological polar surface area (TPSA) is 286 Å². The maximum absolute atomic E-state index is 12.8. The van der Waals surface area contributed by atoms with Gasteiger partial charge in [0.15, 0.2) is 0 Å². The summed E-state index contributed by atoms with van der Waals surface area (Å²) in [6.07, 6.45) is 31.1. The molecular formula is C112H217N11O15S4. The summed E-state index contributed by atoms with van der Waals surface area (Å²) in [5, 5.41) is 5.42. The summed E-state index contributed by atoms with van der Waals surface area (Å²) in [4.78, 5) is 57.9. The molecule has 1 saturated carbocycles. The number of nitrogens with zero attached hydrogens (tertiary/aromatic N) is 9. The molecule has 834 valence electrons. The predicted molar refractivity (Wildman–Crippen MR) is 592 cm³/mol. The number of likely N-dealkylation sites (tertiary alicyclic amines) is 4. The first kappa shape index (κ1) is 132. The van der Waals surface area contributed by atoms with E-state index < -0.39 is 40.1 Å². The molecule has 8 aliphatic heterocycles. The summed E-state index contributed by atoms with van der Waals surface area (Å²) in [7, 11) is -5.23. The van der Waals surface area contributed by atoms with E-state index in [1.165, 1.54) is 77.0 Å². The second-order valence-corrected chi connectivity index (χ2v) is 62.2. The normalized spacial score (nSPS) is 22.8. The van der Waals surface area contributed by atoms with Gasteiger partial charge in [-0.2, -0.15) is 0 Å². The number of nitrogens with one attached hydrogen (secondary N) is 2. The number of piperidine rings is 8. The molecule has 0 spiro atoms. The van der Waals surface area contributed by atoms with Crippen LogP contribution in [0, 0.1) is 90.7 Å². The molecule has 1 aromatic carbocycles. The lowest BCUT2D eigenvalue weighted by molar-refractivity contribution is -0.137. The van der Waals surface area contributed by atoms with Crippen molar-refractivity contribution >= 4 is 64.1 Å². The molecule has 8 unspecified atom stereocenters. The van der Waals surface area contributed by atoms with Gasteiger partial charge in [0.25, 0.3) is 0 Å². The number of benzene rings is 1. The fourth-order valence-corrected chi connectivity index (χ4v) is 28.7. The van der Waals surface area contributed by atoms with Crippen LogP contribution >= 0.6 is 0 Å². The zero-order chi connectivity index (χ0) is 108. The van der Waals surface area contributed by atoms with Crippen molar-refractivity contribution in [2.45, 2.75) is 398 Å². The molecule has 142 heavy (non-hydrogen) atoms. The minimum absolute atomic E-state index is 0.0608. The summed E-state index contributed by atoms with van der Waals surface area (Å²) < 4.78 is 119. The van der Waals surface area contributed by atoms with Crippen LogP contribution in [0.1, 0.15) is 386 Å². The highest BCUT2D eigenvalue weighted by molar-refractivity contribution is 7.90. The zero-order valence-electron chi connectivity index (χ0n) is 96.9. The Balaban J connectivity index is 0.000000419. The predicted octanol–water partition coefficient (Wildman–Crippen LogP) is 23.3. The number of methoxy groups -OCH3 is 3. The van der Waals surface area contributed by atoms with Gasteiger partial charge in [-0.3, -0.25) is 4.79 Å². The van der Waals surface area contributed by atoms with Gasteiger partial charge in [-0.25, -0.2) is 65.3 Å². The second-order valence-electron chi connectivity index (χ2n) is 53.2. The summed E-state index contributed by atoms with van der Waals surface area (Å²) in [5.74, 6) is 6.27. The summed E-state index contributed by atoms with van der Waals surface area (Å²) in [6, 6.07) is 8.22. The third-order valence-electron chi connectivity index (χ3n) is 27.9. The smallest absolute Gasteiger partial charge is 0.320 e. The Labute approximate surface area is 872 Å². The molecule has 30 heteroatoms. The van der Waals surface area contributed by atoms with Crippen LogP contribution in [0.2, 0.25) is 0 Å². The fraction of sp³-hybridized carbons (Fsp3) is 0.911. The number of hydrogen-bond acceptors (Lipinski definition) is 15. The number of ether oxygens (including phenoxy) is 3. The first-order valence-electron chi connectivity index (χ1n) is 55.3. The Bertz CT molecular complexity index is 4160. The van der Waals surface area contributed by atoms with Gasteiger partial charge < -0.3 is 49.3 Å². The fourth-order valence-electron chi connectivity index (χ4n) is 22.3. The lowest BCUT2D eigenvalue weighted by atomic mass is 9.81. The highest BCUT2D eigenvalue weighted by Gasteiger charge is 2.41. The first-order chi connectivity index (χ1) is 65.4. The van der Waals surface area contributed by atoms with Gasteiger partial charge in [0.1, 0.15) is 12.4 Å². The number of rotatable bonds is 26. The third-order valence-corrected chi connectivity index (χ3v) is 36.4. The SMILES string of the molecule is CC(C)(C)CC1CCCN(S(=O)(=O)C2CCC2)C1.CC(C)S(=O)(=O)N1CCCC(CC(C)(C)C)C1.CCCS(=O)(=O)N1CCCC(CC(C)(C)C)C1.CCNC(=O)N1CCCC(CC(C)(C)C)C1.CCS(=O)(=O)N1CCCC(CC(C)(C)C)C1.COCC(=O)N1CCCC(CC(C)(C)C)C1.COCCNC(=O)N1CCCC(CC(C)(C)C)C1.COc1ccc(CN(C)C(=O)N2CCCC(CC(C)(C)C)C2)cc1. The number of carbonyl (C=O) groups excluding carboxylic acids is 4. The molecule has 8 heterocycles. The standard InChI is InChI=1S/C20H32N2O2.C14H28N2O2.C14H27NO2S.C13H26N2O.2C13H27NO2S.C13H25NO2.C12H25NO2S/c1-20(2,3)13-17-7-6-12-22(15-17)19(23)21(4)14-16-8-10-18(24-5)11-9-16;1-14(2,3)10-12-6-5-8-16(11-12)13(17)15-7-9-18-4;1-14(2,3)10-12-6-5-9-15(11-12)18(16,17)13-7-4-8-13;1-5-14-12(16)15-8-6-7-11(10-15)9-13(2,3)4;1-11(2)17(15,16)14-8-6-7-12(10-14)9-13(3,4)5;1-5-9-17(15,16)14-8-6-7-12(11-14)10-13(2,3)4;1-13(2,3)8-11-6-5-7-14(9-11)12(15)10-16-4;1-5-16(14,15)13-8-6-7-11(10-13)9-12(2,3)4/h8-11,17H,6-7,12-15H2,1-5H3;12H,5-11H2,1-4H3,(H,15,17);12-13H,4-11H2,1-3H3;11H,5-10H2,1-4H3,(H,14,16);11-12H,6-10H2,1-5H3;12H,5-11H2,1-4H3;2*11H,5-10H2,1-4H3. The highest BCUT2D eigenvalue weighted by atomic mass is 32.2. The van der Waals surface area contributed by atoms with Gasteiger partial charge in [0.2, 0.25) is 46.0 Å². The molecule has 9 fully saturated rings. The Morgan fingerprint density at radius 1 is 0.380 bits per heavy atom. The highest BCUT2D eigenvalue weighted by Crippen LogP contribution is 2.40. The monoisotopic (exact) mass is 2080 g/mol. The Morgan fingerprint density at radius 2 is 0.690 bits per heavy atom. The van der Waals surface area contributed by atoms with Gasteiger partial charge in [-0.15, -0.1) is 0 Å². The molecule has 1 aromatic rings. The molecule has 26 nitrogen and oxygen atoms in total. The van der Waals surface area contributed by atoms with Gasteiger partial charge in [0, 0.05) is 146 Å². The van der Waals surface area contributed by atoms with E-state index in [-0.39, 0.29) is 52.3 Å². The van der Waals surface area contributed by atoms with Crippen molar-refractivity contribution in [1.29, 1.82) is 0 Å². The molecule has 10 rings (SSSR count). The van der Waals surface area contributed by atoms with Crippen LogP contribution < -0.4 is 15.4 Å². The van der Waals surface area contributed by atoms with Crippen LogP contribution in [-0.4, -0.2) is 281 Å². The molecule has 7 amide bonds. The number of sulfonamides is 4. The lowest BCUT2D eigenvalue weighted by Crippen LogP contribution is -2.47. The molecule has 0 radical (unpaired) electrons. The summed E-state index contributed by atoms with van der Waals surface area (Å²) in [5.41, 5.74) is 3.70. The molecule has 0 aromatic heterocycles. The Kier molecular flexibility index (Phi) is 57.1. The van der Waals surface area contributed by atoms with E-state index in [2.05, 4.69) is 177 Å². The molecule has 0 bridgehead atoms. The Morgan fingerprint density at radius 3 is 1.01 bits per heavy atom. The Hall–Kier alpha value is -4.14. The third kappa shape index (κ3) is 55.1. The van der Waals surface area contributed by atoms with Gasteiger partial charge in [-0.05, 0) is 309 Å². The number of amides is 7. The second kappa shape index (κ2) is 61.4. The van der Waals surface area contributed by atoms with Crippen LogP contribution in [0.15, 0.2) is 24.3 Å². The molecule has 8 atom stereocenters. The van der Waals surface area contributed by atoms with E-state index in [0.717, 1.165) is 212 Å². The van der Waals surface area contributed by atoms with Gasteiger partial charge >= 0.3 is 18.1 Å². The zero-order valence-corrected chi connectivity index (χ0v) is 100. The van der Waals surface area contributed by atoms with Crippen LogP contribution in [0.3, 0.4) is 0 Å². The number of hydrogen-bond donors (Lipinski definition) is 2. The number of carbonyl (C=O) groups is 4. The lowest BCUT2D eigenvalue weighted by Gasteiger charge is -2.38. The van der Waals surface area contributed by atoms with E-state index in [4.69, 9.17) is 14.2 Å². The van der Waals surface area contributed by atoms with Crippen LogP contribution in [0.4, 0.5) is 14.4 Å². The largest absolute Gasteiger partial charge is 0.497 e. The van der Waals surface area contributed by atoms with Crippen LogP contribution in [0.25, 0.3) is 0 Å². The van der Waals surface area contributed by atoms with E-state index >= 15 is 0 Å². The van der Waals surface area contributed by atoms with E-state index in [1.54, 1.807) is 59.3 Å². The average Bonchev–Trinajstić information content (AvgIpc) is 0.788. The summed E-state index contributed by atoms with van der Waals surface area (Å²) >= 11 is 0. The maximum atomic E-state index is 12.8. The van der Waals surface area contributed by atoms with Crippen molar-refractivity contribution in [2.75, 3.05) is 171 Å². The maximum Gasteiger partial charge on any atom is 0.320 e. The minimum Gasteiger partial charge on any atom is -0.497 e. The van der Waals surface area contributed by atoms with Gasteiger partial charge in [-0.1, -0.05) is 192 Å². The first-order valence-corrected chi connectivity index (χ1v) is 61.6. The van der Waals surface area contributed by atoms with Crippen molar-refractivity contribution in [3.05, 3.63) is 29.8 Å². The van der Waals surface area contributed by atoms with Crippen molar-refractivity contribution in [3.8, 4) is 5.75 Å². The number of urea groups is 3.